The lowest BCUT2D eigenvalue weighted by atomic mass is 9.79. The summed E-state index contributed by atoms with van der Waals surface area (Å²) in [5.74, 6) is 0.631. The topological polar surface area (TPSA) is 12.0 Å². The van der Waals surface area contributed by atoms with Crippen molar-refractivity contribution in [2.45, 2.75) is 45.1 Å². The quantitative estimate of drug-likeness (QED) is 0.848. The Morgan fingerprint density at radius 1 is 1.30 bits per heavy atom. The molecule has 0 fully saturated rings. The molecule has 3 rings (SSSR count). The van der Waals surface area contributed by atoms with Gasteiger partial charge in [0.1, 0.15) is 0 Å². The first-order chi connectivity index (χ1) is 9.81. The first-order valence-corrected chi connectivity index (χ1v) is 8.54. The molecule has 1 aliphatic rings. The van der Waals surface area contributed by atoms with Crippen molar-refractivity contribution in [2.75, 3.05) is 6.54 Å². The summed E-state index contributed by atoms with van der Waals surface area (Å²) in [6, 6.07) is 11.6. The lowest BCUT2D eigenvalue weighted by Crippen LogP contribution is -2.29. The van der Waals surface area contributed by atoms with Crippen LogP contribution < -0.4 is 5.32 Å². The second kappa shape index (κ2) is 6.11. The third kappa shape index (κ3) is 2.55. The Labute approximate surface area is 126 Å². The smallest absolute Gasteiger partial charge is 0.0392 e. The van der Waals surface area contributed by atoms with Gasteiger partial charge in [-0.15, -0.1) is 11.3 Å². The highest BCUT2D eigenvalue weighted by Crippen LogP contribution is 2.42. The van der Waals surface area contributed by atoms with E-state index in [1.54, 1.807) is 10.4 Å². The van der Waals surface area contributed by atoms with Gasteiger partial charge in [0, 0.05) is 16.8 Å². The van der Waals surface area contributed by atoms with Crippen LogP contribution in [0.25, 0.3) is 0 Å². The number of aryl methyl sites for hydroxylation is 2. The molecule has 0 saturated carbocycles. The van der Waals surface area contributed by atoms with Crippen molar-refractivity contribution in [3.05, 3.63) is 57.3 Å². The van der Waals surface area contributed by atoms with Crippen LogP contribution in [0, 0.1) is 6.92 Å². The second-order valence-corrected chi connectivity index (χ2v) is 6.69. The predicted octanol–water partition coefficient (Wildman–Crippen LogP) is 4.83. The Kier molecular flexibility index (Phi) is 4.23. The summed E-state index contributed by atoms with van der Waals surface area (Å²) < 4.78 is 0. The first kappa shape index (κ1) is 13.8. The van der Waals surface area contributed by atoms with Gasteiger partial charge in [-0.2, -0.15) is 0 Å². The Bertz CT molecular complexity index is 572. The van der Waals surface area contributed by atoms with E-state index in [-0.39, 0.29) is 0 Å². The summed E-state index contributed by atoms with van der Waals surface area (Å²) in [4.78, 5) is 1.61. The third-order valence-electron chi connectivity index (χ3n) is 4.45. The largest absolute Gasteiger partial charge is 0.310 e. The summed E-state index contributed by atoms with van der Waals surface area (Å²) in [5, 5.41) is 6.01. The van der Waals surface area contributed by atoms with E-state index in [9.17, 15) is 0 Å². The zero-order chi connectivity index (χ0) is 13.9. The van der Waals surface area contributed by atoms with Gasteiger partial charge in [0.25, 0.3) is 0 Å². The number of rotatable bonds is 4. The van der Waals surface area contributed by atoms with E-state index >= 15 is 0 Å². The van der Waals surface area contributed by atoms with Crippen molar-refractivity contribution in [1.29, 1.82) is 0 Å². The van der Waals surface area contributed by atoms with E-state index in [1.165, 1.54) is 30.4 Å². The number of thiophene rings is 1. The van der Waals surface area contributed by atoms with Gasteiger partial charge in [-0.05, 0) is 60.9 Å². The fourth-order valence-corrected chi connectivity index (χ4v) is 4.49. The molecule has 0 spiro atoms. The van der Waals surface area contributed by atoms with E-state index < -0.39 is 0 Å². The Hall–Kier alpha value is -1.12. The van der Waals surface area contributed by atoms with Gasteiger partial charge in [-0.1, -0.05) is 31.2 Å². The van der Waals surface area contributed by atoms with Crippen LogP contribution in [0.3, 0.4) is 0 Å². The van der Waals surface area contributed by atoms with Crippen LogP contribution in [0.4, 0.5) is 0 Å². The van der Waals surface area contributed by atoms with Gasteiger partial charge in [0.15, 0.2) is 0 Å². The van der Waals surface area contributed by atoms with Gasteiger partial charge in [0.2, 0.25) is 0 Å². The Morgan fingerprint density at radius 3 is 2.95 bits per heavy atom. The molecule has 2 heteroatoms. The summed E-state index contributed by atoms with van der Waals surface area (Å²) in [7, 11) is 0. The van der Waals surface area contributed by atoms with Crippen LogP contribution in [-0.4, -0.2) is 6.54 Å². The lowest BCUT2D eigenvalue weighted by Gasteiger charge is -2.32. The lowest BCUT2D eigenvalue weighted by molar-refractivity contribution is 0.410. The van der Waals surface area contributed by atoms with Crippen molar-refractivity contribution >= 4 is 11.3 Å². The Morgan fingerprint density at radius 2 is 2.15 bits per heavy atom. The van der Waals surface area contributed by atoms with Gasteiger partial charge in [-0.25, -0.2) is 0 Å². The molecule has 2 unspecified atom stereocenters. The maximum absolute atomic E-state index is 3.74. The summed E-state index contributed by atoms with van der Waals surface area (Å²) in [6.45, 7) is 5.47. The van der Waals surface area contributed by atoms with Crippen LogP contribution in [-0.2, 0) is 6.42 Å². The number of fused-ring (bicyclic) bond motifs is 1. The van der Waals surface area contributed by atoms with Crippen molar-refractivity contribution in [1.82, 2.24) is 5.32 Å². The zero-order valence-electron chi connectivity index (χ0n) is 12.4. The molecule has 106 valence electrons. The van der Waals surface area contributed by atoms with E-state index in [4.69, 9.17) is 0 Å². The van der Waals surface area contributed by atoms with Gasteiger partial charge in [-0.3, -0.25) is 0 Å². The van der Waals surface area contributed by atoms with Crippen LogP contribution in [0.1, 0.15) is 53.3 Å². The van der Waals surface area contributed by atoms with Crippen molar-refractivity contribution in [3.63, 3.8) is 0 Å². The summed E-state index contributed by atoms with van der Waals surface area (Å²) >= 11 is 1.94. The predicted molar refractivity (Wildman–Crippen MR) is 87.6 cm³/mol. The molecule has 2 aromatic rings. The number of benzene rings is 1. The average molecular weight is 285 g/mol. The molecular formula is C18H23NS. The fraction of sp³-hybridized carbons (Fsp3) is 0.444. The number of hydrogen-bond donors (Lipinski definition) is 1. The van der Waals surface area contributed by atoms with Crippen LogP contribution in [0.2, 0.25) is 0 Å². The molecule has 1 heterocycles. The second-order valence-electron chi connectivity index (χ2n) is 5.69. The fourth-order valence-electron chi connectivity index (χ4n) is 3.49. The Balaban J connectivity index is 1.99. The molecule has 1 N–H and O–H groups in total. The molecule has 1 aliphatic carbocycles. The summed E-state index contributed by atoms with van der Waals surface area (Å²) in [6.07, 6.45) is 3.90. The molecular weight excluding hydrogens is 262 g/mol. The van der Waals surface area contributed by atoms with Gasteiger partial charge < -0.3 is 5.32 Å². The van der Waals surface area contributed by atoms with Crippen molar-refractivity contribution < 1.29 is 0 Å². The van der Waals surface area contributed by atoms with Crippen LogP contribution >= 0.6 is 11.3 Å². The van der Waals surface area contributed by atoms with Gasteiger partial charge in [0.05, 0.1) is 0 Å². The highest BCUT2D eigenvalue weighted by Gasteiger charge is 2.29. The maximum atomic E-state index is 3.74. The number of hydrogen-bond acceptors (Lipinski definition) is 2. The number of likely N-dealkylation sites (N-methyl/N-ethyl adjacent to an activating group) is 1. The van der Waals surface area contributed by atoms with Gasteiger partial charge >= 0.3 is 0 Å². The normalized spacial score (nSPS) is 19.6. The molecule has 1 aromatic carbocycles. The average Bonchev–Trinajstić information content (AvgIpc) is 2.94. The van der Waals surface area contributed by atoms with E-state index in [0.717, 1.165) is 6.54 Å². The zero-order valence-corrected chi connectivity index (χ0v) is 13.2. The third-order valence-corrected chi connectivity index (χ3v) is 5.44. The minimum Gasteiger partial charge on any atom is -0.310 e. The SMILES string of the molecule is CCNC(c1ccccc1C)C1CCCc2sccc21. The molecule has 20 heavy (non-hydrogen) atoms. The molecule has 0 radical (unpaired) electrons. The van der Waals surface area contributed by atoms with E-state index in [0.29, 0.717) is 12.0 Å². The standard InChI is InChI=1S/C18H23NS/c1-3-19-18(14-8-5-4-7-13(14)2)16-9-6-10-17-15(16)11-12-20-17/h4-5,7-8,11-12,16,18-19H,3,6,9-10H2,1-2H3. The first-order valence-electron chi connectivity index (χ1n) is 7.66. The number of nitrogens with one attached hydrogen (secondary N) is 1. The molecule has 0 saturated heterocycles. The molecule has 0 bridgehead atoms. The molecule has 1 aromatic heterocycles. The molecule has 2 atom stereocenters. The molecule has 1 nitrogen and oxygen atoms in total. The minimum absolute atomic E-state index is 0.454. The summed E-state index contributed by atoms with van der Waals surface area (Å²) in [5.41, 5.74) is 4.47. The van der Waals surface area contributed by atoms with Crippen molar-refractivity contribution in [3.8, 4) is 0 Å². The van der Waals surface area contributed by atoms with E-state index in [1.807, 2.05) is 11.3 Å². The molecule has 0 amide bonds. The van der Waals surface area contributed by atoms with E-state index in [2.05, 4.69) is 54.9 Å². The van der Waals surface area contributed by atoms with Crippen LogP contribution in [0.15, 0.2) is 35.7 Å². The highest BCUT2D eigenvalue weighted by atomic mass is 32.1. The van der Waals surface area contributed by atoms with Crippen LogP contribution in [0.5, 0.6) is 0 Å². The minimum atomic E-state index is 0.454. The van der Waals surface area contributed by atoms with Crippen molar-refractivity contribution in [2.24, 2.45) is 0 Å². The monoisotopic (exact) mass is 285 g/mol. The highest BCUT2D eigenvalue weighted by molar-refractivity contribution is 7.10. The maximum Gasteiger partial charge on any atom is 0.0392 e. The molecule has 0 aliphatic heterocycles.